The molecule has 1 saturated carbocycles. The number of aliphatic hydroxyl groups excluding tert-OH is 1. The third-order valence-corrected chi connectivity index (χ3v) is 6.09. The largest absolute Gasteiger partial charge is 0.480 e. The molecule has 1 aliphatic carbocycles. The molecule has 0 aromatic heterocycles. The highest BCUT2D eigenvalue weighted by Crippen LogP contribution is 2.28. The number of rotatable bonds is 11. The highest BCUT2D eigenvalue weighted by Gasteiger charge is 2.32. The zero-order chi connectivity index (χ0) is 25.2. The first-order chi connectivity index (χ1) is 15.3. The predicted octanol–water partition coefficient (Wildman–Crippen LogP) is 1.51. The van der Waals surface area contributed by atoms with Gasteiger partial charge in [0.2, 0.25) is 11.8 Å². The lowest BCUT2D eigenvalue weighted by Crippen LogP contribution is -2.50. The molecular weight excluding hydrogens is 450 g/mol. The van der Waals surface area contributed by atoms with Crippen LogP contribution < -0.4 is 16.0 Å². The van der Waals surface area contributed by atoms with Crippen LogP contribution in [0, 0.1) is 11.8 Å². The van der Waals surface area contributed by atoms with Crippen LogP contribution in [0.3, 0.4) is 0 Å². The van der Waals surface area contributed by atoms with Crippen molar-refractivity contribution in [3.8, 4) is 0 Å². The van der Waals surface area contributed by atoms with Crippen LogP contribution in [0.1, 0.15) is 59.8 Å². The van der Waals surface area contributed by atoms with Crippen LogP contribution in [0.25, 0.3) is 0 Å². The summed E-state index contributed by atoms with van der Waals surface area (Å²) in [5, 5.41) is 26.6. The Morgan fingerprint density at radius 3 is 2.18 bits per heavy atom. The number of amides is 3. The molecule has 0 saturated heterocycles. The van der Waals surface area contributed by atoms with Crippen molar-refractivity contribution in [2.75, 3.05) is 18.6 Å². The summed E-state index contributed by atoms with van der Waals surface area (Å²) in [5.41, 5.74) is -0.657. The Kier molecular flexibility index (Phi) is 12.0. The van der Waals surface area contributed by atoms with E-state index in [4.69, 9.17) is 9.84 Å². The van der Waals surface area contributed by atoms with E-state index in [0.717, 1.165) is 0 Å². The molecule has 0 aliphatic heterocycles. The van der Waals surface area contributed by atoms with Crippen LogP contribution in [0.4, 0.5) is 4.79 Å². The maximum Gasteiger partial charge on any atom is 0.408 e. The van der Waals surface area contributed by atoms with Gasteiger partial charge in [-0.15, -0.1) is 0 Å². The molecule has 190 valence electrons. The summed E-state index contributed by atoms with van der Waals surface area (Å²) < 4.78 is 5.26. The summed E-state index contributed by atoms with van der Waals surface area (Å²) in [6.45, 7) is 7.03. The molecule has 3 amide bonds. The Bertz CT molecular complexity index is 673. The third-order valence-electron chi connectivity index (χ3n) is 5.45. The second-order valence-corrected chi connectivity index (χ2v) is 10.5. The van der Waals surface area contributed by atoms with Gasteiger partial charge in [0.05, 0.1) is 6.10 Å². The number of aliphatic carboxylic acids is 1. The molecule has 33 heavy (non-hydrogen) atoms. The van der Waals surface area contributed by atoms with E-state index >= 15 is 0 Å². The van der Waals surface area contributed by atoms with Crippen LogP contribution in [0.15, 0.2) is 0 Å². The summed E-state index contributed by atoms with van der Waals surface area (Å²) in [7, 11) is 0. The quantitative estimate of drug-likeness (QED) is 0.293. The highest BCUT2D eigenvalue weighted by atomic mass is 32.2. The molecule has 10 nitrogen and oxygen atoms in total. The Balaban J connectivity index is 2.51. The Morgan fingerprint density at radius 2 is 1.70 bits per heavy atom. The predicted molar refractivity (Wildman–Crippen MR) is 126 cm³/mol. The lowest BCUT2D eigenvalue weighted by Gasteiger charge is -2.29. The third kappa shape index (κ3) is 11.1. The minimum Gasteiger partial charge on any atom is -0.480 e. The minimum absolute atomic E-state index is 0.188. The standard InChI is InChI=1S/C22H39N3O7S/c1-13(26)17(20(29)30)25-18(27)15-8-6-14(7-9-15)12-23-19(28)16(10-11-33-5)24-21(31)32-22(2,3)4/h13-17,26H,6-12H2,1-5H3,(H,23,28)(H,24,31)(H,25,27)(H,29,30)/t13?,14?,15?,16-,17-/m0/s1. The molecule has 1 rings (SSSR count). The molecule has 0 spiro atoms. The van der Waals surface area contributed by atoms with Crippen molar-refractivity contribution in [2.45, 2.75) is 83.6 Å². The summed E-state index contributed by atoms with van der Waals surface area (Å²) in [5.74, 6) is -1.34. The summed E-state index contributed by atoms with van der Waals surface area (Å²) in [4.78, 5) is 48.3. The van der Waals surface area contributed by atoms with E-state index in [2.05, 4.69) is 16.0 Å². The van der Waals surface area contributed by atoms with Gasteiger partial charge >= 0.3 is 12.1 Å². The van der Waals surface area contributed by atoms with Gasteiger partial charge in [-0.1, -0.05) is 0 Å². The van der Waals surface area contributed by atoms with E-state index in [1.54, 1.807) is 32.5 Å². The first-order valence-electron chi connectivity index (χ1n) is 11.3. The number of carbonyl (C=O) groups is 4. The van der Waals surface area contributed by atoms with E-state index in [9.17, 15) is 24.3 Å². The minimum atomic E-state index is -1.33. The fraction of sp³-hybridized carbons (Fsp3) is 0.818. The van der Waals surface area contributed by atoms with Crippen molar-refractivity contribution in [1.82, 2.24) is 16.0 Å². The van der Waals surface area contributed by atoms with Crippen molar-refractivity contribution < 1.29 is 34.1 Å². The number of aliphatic hydroxyl groups is 1. The SMILES string of the molecule is CSCC[C@H](NC(=O)OC(C)(C)C)C(=O)NCC1CCC(C(=O)N[C@H](C(=O)O)C(C)O)CC1. The topological polar surface area (TPSA) is 154 Å². The van der Waals surface area contributed by atoms with Crippen LogP contribution in [-0.4, -0.2) is 76.4 Å². The smallest absolute Gasteiger partial charge is 0.408 e. The number of thioether (sulfide) groups is 1. The van der Waals surface area contributed by atoms with Gasteiger partial charge in [0.1, 0.15) is 11.6 Å². The molecule has 0 heterocycles. The molecule has 0 bridgehead atoms. The normalized spacial score (nSPS) is 21.3. The van der Waals surface area contributed by atoms with E-state index in [1.165, 1.54) is 6.92 Å². The van der Waals surface area contributed by atoms with Gasteiger partial charge in [-0.25, -0.2) is 9.59 Å². The van der Waals surface area contributed by atoms with Gasteiger partial charge in [-0.05, 0) is 77.7 Å². The van der Waals surface area contributed by atoms with Crippen molar-refractivity contribution >= 4 is 35.6 Å². The Labute approximate surface area is 200 Å². The Hall–Kier alpha value is -2.01. The second-order valence-electron chi connectivity index (χ2n) is 9.51. The zero-order valence-electron chi connectivity index (χ0n) is 20.2. The summed E-state index contributed by atoms with van der Waals surface area (Å²) >= 11 is 1.58. The summed E-state index contributed by atoms with van der Waals surface area (Å²) in [6, 6.07) is -2.02. The van der Waals surface area contributed by atoms with Crippen LogP contribution in [0.5, 0.6) is 0 Å². The fourth-order valence-corrected chi connectivity index (χ4v) is 4.08. The lowest BCUT2D eigenvalue weighted by molar-refractivity contribution is -0.145. The Morgan fingerprint density at radius 1 is 1.09 bits per heavy atom. The number of alkyl carbamates (subject to hydrolysis) is 1. The molecule has 3 atom stereocenters. The number of carboxylic acids is 1. The van der Waals surface area contributed by atoms with Gasteiger partial charge in [0.15, 0.2) is 6.04 Å². The van der Waals surface area contributed by atoms with Crippen LogP contribution >= 0.6 is 11.8 Å². The van der Waals surface area contributed by atoms with E-state index in [-0.39, 0.29) is 23.7 Å². The molecule has 1 aliphatic rings. The van der Waals surface area contributed by atoms with Crippen LogP contribution in [0.2, 0.25) is 0 Å². The van der Waals surface area contributed by atoms with Gasteiger partial charge in [-0.3, -0.25) is 9.59 Å². The molecule has 1 fully saturated rings. The van der Waals surface area contributed by atoms with Crippen molar-refractivity contribution in [1.29, 1.82) is 0 Å². The van der Waals surface area contributed by atoms with E-state index < -0.39 is 35.9 Å². The van der Waals surface area contributed by atoms with Crippen molar-refractivity contribution in [3.05, 3.63) is 0 Å². The second kappa shape index (κ2) is 13.6. The monoisotopic (exact) mass is 489 g/mol. The van der Waals surface area contributed by atoms with Gasteiger partial charge in [0, 0.05) is 12.5 Å². The molecular formula is C22H39N3O7S. The zero-order valence-corrected chi connectivity index (χ0v) is 21.0. The average molecular weight is 490 g/mol. The molecule has 11 heteroatoms. The van der Waals surface area contributed by atoms with Gasteiger partial charge in [-0.2, -0.15) is 11.8 Å². The van der Waals surface area contributed by atoms with Crippen molar-refractivity contribution in [3.63, 3.8) is 0 Å². The van der Waals surface area contributed by atoms with Crippen LogP contribution in [-0.2, 0) is 19.1 Å². The first-order valence-corrected chi connectivity index (χ1v) is 12.7. The highest BCUT2D eigenvalue weighted by molar-refractivity contribution is 7.98. The molecule has 0 radical (unpaired) electrons. The molecule has 1 unspecified atom stereocenters. The lowest BCUT2D eigenvalue weighted by atomic mass is 9.81. The molecule has 0 aromatic carbocycles. The number of hydrogen-bond acceptors (Lipinski definition) is 7. The van der Waals surface area contributed by atoms with Gasteiger partial charge < -0.3 is 30.9 Å². The first kappa shape index (κ1) is 29.0. The number of nitrogens with one attached hydrogen (secondary N) is 3. The number of carbonyl (C=O) groups excluding carboxylic acids is 3. The molecule has 0 aromatic rings. The van der Waals surface area contributed by atoms with E-state index in [1.807, 2.05) is 6.26 Å². The average Bonchev–Trinajstić information content (AvgIpc) is 2.71. The van der Waals surface area contributed by atoms with E-state index in [0.29, 0.717) is 44.4 Å². The maximum atomic E-state index is 12.7. The fourth-order valence-electron chi connectivity index (χ4n) is 3.61. The number of ether oxygens (including phenoxy) is 1. The molecule has 5 N–H and O–H groups in total. The van der Waals surface area contributed by atoms with Crippen molar-refractivity contribution in [2.24, 2.45) is 11.8 Å². The number of carboxylic acid groups (broad SMARTS) is 1. The summed E-state index contributed by atoms with van der Waals surface area (Å²) in [6.07, 6.45) is 3.15. The van der Waals surface area contributed by atoms with Gasteiger partial charge in [0.25, 0.3) is 0 Å². The maximum absolute atomic E-state index is 12.7. The number of hydrogen-bond donors (Lipinski definition) is 5.